The van der Waals surface area contributed by atoms with Gasteiger partial charge in [0.05, 0.1) is 11.6 Å². The molecule has 1 aromatic heterocycles. The van der Waals surface area contributed by atoms with E-state index in [9.17, 15) is 9.18 Å². The number of carbonyl (C=O) groups excluding carboxylic acids is 1. The van der Waals surface area contributed by atoms with Crippen LogP contribution in [0.15, 0.2) is 85.1 Å². The maximum atomic E-state index is 13.1. The van der Waals surface area contributed by atoms with Crippen molar-refractivity contribution in [3.05, 3.63) is 96.4 Å². The zero-order chi connectivity index (χ0) is 23.2. The predicted octanol–water partition coefficient (Wildman–Crippen LogP) is 6.03. The second-order valence-corrected chi connectivity index (χ2v) is 7.73. The van der Waals surface area contributed by atoms with E-state index in [1.165, 1.54) is 12.1 Å². The number of halogens is 1. The van der Waals surface area contributed by atoms with Crippen LogP contribution in [0, 0.1) is 5.82 Å². The number of fused-ring (bicyclic) bond motifs is 1. The van der Waals surface area contributed by atoms with Crippen LogP contribution in [0.5, 0.6) is 5.75 Å². The van der Waals surface area contributed by atoms with Crippen molar-refractivity contribution >= 4 is 45.7 Å². The van der Waals surface area contributed by atoms with Gasteiger partial charge in [0, 0.05) is 23.0 Å². The highest BCUT2D eigenvalue weighted by molar-refractivity contribution is 7.80. The van der Waals surface area contributed by atoms with Crippen molar-refractivity contribution in [1.82, 2.24) is 10.3 Å². The van der Waals surface area contributed by atoms with Crippen molar-refractivity contribution in [1.29, 1.82) is 0 Å². The molecule has 3 N–H and O–H groups in total. The first kappa shape index (κ1) is 22.2. The number of ether oxygens (including phenoxy) is 1. The smallest absolute Gasteiger partial charge is 0.410 e. The van der Waals surface area contributed by atoms with Crippen molar-refractivity contribution in [2.75, 3.05) is 10.6 Å². The van der Waals surface area contributed by atoms with E-state index in [1.807, 2.05) is 19.1 Å². The molecule has 3 aromatic carbocycles. The number of pyridine rings is 1. The number of rotatable bonds is 5. The Labute approximate surface area is 195 Å². The van der Waals surface area contributed by atoms with E-state index in [0.29, 0.717) is 16.5 Å². The molecule has 33 heavy (non-hydrogen) atoms. The number of amides is 1. The SMILES string of the molecule is CC(NC(=S)Nc1ccc(NC(=O)Oc2ccc3ncccc3c2)cc1)c1ccc(F)cc1. The van der Waals surface area contributed by atoms with Gasteiger partial charge in [-0.25, -0.2) is 9.18 Å². The Kier molecular flexibility index (Phi) is 6.75. The molecule has 1 unspecified atom stereocenters. The number of hydrogen-bond donors (Lipinski definition) is 3. The van der Waals surface area contributed by atoms with Gasteiger partial charge in [0.15, 0.2) is 5.11 Å². The van der Waals surface area contributed by atoms with Gasteiger partial charge in [-0.3, -0.25) is 10.3 Å². The number of thiocarbonyl (C=S) groups is 1. The Hall–Kier alpha value is -4.04. The Bertz CT molecular complexity index is 1280. The first-order chi connectivity index (χ1) is 16.0. The molecule has 1 heterocycles. The average molecular weight is 461 g/mol. The van der Waals surface area contributed by atoms with Crippen LogP contribution < -0.4 is 20.7 Å². The Morgan fingerprint density at radius 2 is 1.67 bits per heavy atom. The van der Waals surface area contributed by atoms with Crippen LogP contribution in [0.4, 0.5) is 20.6 Å². The molecule has 4 aromatic rings. The summed E-state index contributed by atoms with van der Waals surface area (Å²) >= 11 is 5.36. The highest BCUT2D eigenvalue weighted by Gasteiger charge is 2.09. The molecule has 0 saturated heterocycles. The van der Waals surface area contributed by atoms with E-state index in [2.05, 4.69) is 20.9 Å². The van der Waals surface area contributed by atoms with Gasteiger partial charge in [0.2, 0.25) is 0 Å². The average Bonchev–Trinajstić information content (AvgIpc) is 2.80. The normalized spacial score (nSPS) is 11.5. The third-order valence-electron chi connectivity index (χ3n) is 4.89. The zero-order valence-corrected chi connectivity index (χ0v) is 18.5. The summed E-state index contributed by atoms with van der Waals surface area (Å²) in [5.41, 5.74) is 3.07. The minimum Gasteiger partial charge on any atom is -0.410 e. The number of aromatic nitrogens is 1. The van der Waals surface area contributed by atoms with Gasteiger partial charge in [-0.15, -0.1) is 0 Å². The second kappa shape index (κ2) is 10.1. The Balaban J connectivity index is 1.29. The molecule has 0 aliphatic carbocycles. The lowest BCUT2D eigenvalue weighted by atomic mass is 10.1. The van der Waals surface area contributed by atoms with E-state index in [4.69, 9.17) is 17.0 Å². The van der Waals surface area contributed by atoms with Gasteiger partial charge in [-0.1, -0.05) is 18.2 Å². The van der Waals surface area contributed by atoms with Gasteiger partial charge in [0.25, 0.3) is 0 Å². The van der Waals surface area contributed by atoms with Crippen molar-refractivity contribution in [2.45, 2.75) is 13.0 Å². The Morgan fingerprint density at radius 1 is 0.970 bits per heavy atom. The van der Waals surface area contributed by atoms with Gasteiger partial charge in [-0.2, -0.15) is 0 Å². The van der Waals surface area contributed by atoms with Crippen LogP contribution in [-0.4, -0.2) is 16.2 Å². The number of hydrogen-bond acceptors (Lipinski definition) is 4. The summed E-state index contributed by atoms with van der Waals surface area (Å²) in [7, 11) is 0. The molecule has 6 nitrogen and oxygen atoms in total. The summed E-state index contributed by atoms with van der Waals surface area (Å²) in [5.74, 6) is 0.150. The molecular weight excluding hydrogens is 439 g/mol. The third-order valence-corrected chi connectivity index (χ3v) is 5.11. The predicted molar refractivity (Wildman–Crippen MR) is 132 cm³/mol. The fourth-order valence-corrected chi connectivity index (χ4v) is 3.50. The largest absolute Gasteiger partial charge is 0.417 e. The lowest BCUT2D eigenvalue weighted by molar-refractivity contribution is 0.215. The molecule has 4 rings (SSSR count). The van der Waals surface area contributed by atoms with E-state index in [1.54, 1.807) is 60.8 Å². The van der Waals surface area contributed by atoms with Crippen molar-refractivity contribution in [3.8, 4) is 5.75 Å². The number of benzene rings is 3. The molecule has 0 spiro atoms. The summed E-state index contributed by atoms with van der Waals surface area (Å²) in [4.78, 5) is 16.5. The molecule has 1 atom stereocenters. The molecule has 0 saturated carbocycles. The maximum Gasteiger partial charge on any atom is 0.417 e. The summed E-state index contributed by atoms with van der Waals surface area (Å²) in [6.45, 7) is 1.94. The number of nitrogens with one attached hydrogen (secondary N) is 3. The molecule has 8 heteroatoms. The van der Waals surface area contributed by atoms with E-state index in [-0.39, 0.29) is 11.9 Å². The first-order valence-electron chi connectivity index (χ1n) is 10.2. The lowest BCUT2D eigenvalue weighted by Crippen LogP contribution is -2.30. The zero-order valence-electron chi connectivity index (χ0n) is 17.7. The fraction of sp³-hybridized carbons (Fsp3) is 0.0800. The van der Waals surface area contributed by atoms with E-state index >= 15 is 0 Å². The maximum absolute atomic E-state index is 13.1. The van der Waals surface area contributed by atoms with Crippen molar-refractivity contribution in [3.63, 3.8) is 0 Å². The Morgan fingerprint density at radius 3 is 2.39 bits per heavy atom. The van der Waals surface area contributed by atoms with Crippen molar-refractivity contribution < 1.29 is 13.9 Å². The molecule has 0 radical (unpaired) electrons. The van der Waals surface area contributed by atoms with Crippen LogP contribution in [0.2, 0.25) is 0 Å². The standard InChI is InChI=1S/C25H21FN4O2S/c1-16(17-4-6-19(26)7-5-17)28-24(33)29-20-8-10-21(11-9-20)30-25(31)32-22-12-13-23-18(15-22)3-2-14-27-23/h2-16H,1H3,(H,30,31)(H2,28,29,33). The lowest BCUT2D eigenvalue weighted by Gasteiger charge is -2.17. The first-order valence-corrected chi connectivity index (χ1v) is 10.6. The molecule has 0 aliphatic rings. The summed E-state index contributed by atoms with van der Waals surface area (Å²) < 4.78 is 18.4. The monoisotopic (exact) mass is 460 g/mol. The van der Waals surface area contributed by atoms with E-state index in [0.717, 1.165) is 22.2 Å². The summed E-state index contributed by atoms with van der Waals surface area (Å²) in [5, 5.41) is 10.3. The number of anilines is 2. The van der Waals surface area contributed by atoms with Crippen LogP contribution in [0.3, 0.4) is 0 Å². The van der Waals surface area contributed by atoms with Gasteiger partial charge in [-0.05, 0) is 85.4 Å². The quantitative estimate of drug-likeness (QED) is 0.316. The van der Waals surface area contributed by atoms with Gasteiger partial charge in [0.1, 0.15) is 11.6 Å². The summed E-state index contributed by atoms with van der Waals surface area (Å²) in [6, 6.07) is 22.2. The van der Waals surface area contributed by atoms with Crippen LogP contribution in [-0.2, 0) is 0 Å². The summed E-state index contributed by atoms with van der Waals surface area (Å²) in [6.07, 6.45) is 1.12. The van der Waals surface area contributed by atoms with Gasteiger partial charge < -0.3 is 15.4 Å². The molecular formula is C25H21FN4O2S. The highest BCUT2D eigenvalue weighted by atomic mass is 32.1. The number of nitrogens with zero attached hydrogens (tertiary/aromatic N) is 1. The van der Waals surface area contributed by atoms with Gasteiger partial charge >= 0.3 is 6.09 Å². The molecule has 0 fully saturated rings. The fourth-order valence-electron chi connectivity index (χ4n) is 3.20. The molecule has 166 valence electrons. The molecule has 0 bridgehead atoms. The van der Waals surface area contributed by atoms with Crippen LogP contribution in [0.1, 0.15) is 18.5 Å². The third kappa shape index (κ3) is 6.02. The van der Waals surface area contributed by atoms with Crippen LogP contribution in [0.25, 0.3) is 10.9 Å². The second-order valence-electron chi connectivity index (χ2n) is 7.32. The minimum absolute atomic E-state index is 0.0906. The van der Waals surface area contributed by atoms with E-state index < -0.39 is 6.09 Å². The number of carbonyl (C=O) groups is 1. The van der Waals surface area contributed by atoms with Crippen molar-refractivity contribution in [2.24, 2.45) is 0 Å². The minimum atomic E-state index is -0.593. The highest BCUT2D eigenvalue weighted by Crippen LogP contribution is 2.20. The topological polar surface area (TPSA) is 75.3 Å². The van der Waals surface area contributed by atoms with Crippen LogP contribution >= 0.6 is 12.2 Å². The molecule has 1 amide bonds. The molecule has 0 aliphatic heterocycles.